The summed E-state index contributed by atoms with van der Waals surface area (Å²) in [6.07, 6.45) is 5.21. The third kappa shape index (κ3) is 5.04. The van der Waals surface area contributed by atoms with E-state index in [2.05, 4.69) is 38.3 Å². The fourth-order valence-electron chi connectivity index (χ4n) is 4.27. The van der Waals surface area contributed by atoms with Crippen molar-refractivity contribution < 1.29 is 9.59 Å². The van der Waals surface area contributed by atoms with Gasteiger partial charge in [0.2, 0.25) is 5.91 Å². The fraction of sp³-hybridized carbons (Fsp3) is 0.417. The lowest BCUT2D eigenvalue weighted by Crippen LogP contribution is -2.41. The molecule has 2 aromatic carbocycles. The van der Waals surface area contributed by atoms with Gasteiger partial charge in [-0.3, -0.25) is 9.59 Å². The molecule has 0 radical (unpaired) electrons. The van der Waals surface area contributed by atoms with E-state index < -0.39 is 0 Å². The van der Waals surface area contributed by atoms with Gasteiger partial charge in [-0.1, -0.05) is 15.9 Å². The van der Waals surface area contributed by atoms with E-state index in [0.29, 0.717) is 31.5 Å². The van der Waals surface area contributed by atoms with Crippen molar-refractivity contribution in [1.82, 2.24) is 4.90 Å². The molecular weight excluding hydrogens is 442 g/mol. The molecule has 2 fully saturated rings. The Balaban J connectivity index is 1.28. The lowest BCUT2D eigenvalue weighted by molar-refractivity contribution is -0.121. The van der Waals surface area contributed by atoms with Crippen molar-refractivity contribution >= 4 is 39.1 Å². The molecule has 0 atom stereocenters. The Kier molecular flexibility index (Phi) is 6.72. The van der Waals surface area contributed by atoms with Crippen LogP contribution < -0.4 is 10.2 Å². The number of amides is 2. The molecule has 6 heteroatoms. The lowest BCUT2D eigenvalue weighted by atomic mass is 9.95. The van der Waals surface area contributed by atoms with E-state index in [1.165, 1.54) is 24.9 Å². The monoisotopic (exact) mass is 469 g/mol. The van der Waals surface area contributed by atoms with Gasteiger partial charge in [-0.15, -0.1) is 0 Å². The Morgan fingerprint density at radius 3 is 2.10 bits per heavy atom. The highest BCUT2D eigenvalue weighted by atomic mass is 79.9. The molecule has 0 aliphatic carbocycles. The van der Waals surface area contributed by atoms with Gasteiger partial charge in [0.05, 0.1) is 0 Å². The summed E-state index contributed by atoms with van der Waals surface area (Å²) in [4.78, 5) is 29.6. The highest BCUT2D eigenvalue weighted by Gasteiger charge is 2.28. The minimum Gasteiger partial charge on any atom is -0.372 e. The zero-order valence-electron chi connectivity index (χ0n) is 17.1. The predicted molar refractivity (Wildman–Crippen MR) is 124 cm³/mol. The Morgan fingerprint density at radius 2 is 1.47 bits per heavy atom. The van der Waals surface area contributed by atoms with E-state index in [4.69, 9.17) is 0 Å². The average Bonchev–Trinajstić information content (AvgIpc) is 2.80. The van der Waals surface area contributed by atoms with Crippen molar-refractivity contribution in [3.63, 3.8) is 0 Å². The van der Waals surface area contributed by atoms with Gasteiger partial charge in [0.1, 0.15) is 0 Å². The third-order valence-electron chi connectivity index (χ3n) is 6.10. The Hall–Kier alpha value is -2.34. The van der Waals surface area contributed by atoms with E-state index in [9.17, 15) is 9.59 Å². The molecule has 0 aromatic heterocycles. The quantitative estimate of drug-likeness (QED) is 0.690. The second kappa shape index (κ2) is 9.65. The highest BCUT2D eigenvalue weighted by molar-refractivity contribution is 9.10. The van der Waals surface area contributed by atoms with E-state index >= 15 is 0 Å². The minimum absolute atomic E-state index is 0.0367. The number of halogens is 1. The first-order valence-electron chi connectivity index (χ1n) is 10.8. The van der Waals surface area contributed by atoms with Crippen LogP contribution in [0.4, 0.5) is 11.4 Å². The Morgan fingerprint density at radius 1 is 0.833 bits per heavy atom. The number of rotatable bonds is 4. The Bertz CT molecular complexity index is 868. The summed E-state index contributed by atoms with van der Waals surface area (Å²) >= 11 is 3.39. The van der Waals surface area contributed by atoms with Crippen molar-refractivity contribution in [3.05, 3.63) is 58.6 Å². The van der Waals surface area contributed by atoms with Crippen molar-refractivity contribution in [2.24, 2.45) is 5.92 Å². The second-order valence-corrected chi connectivity index (χ2v) is 9.07. The van der Waals surface area contributed by atoms with Gasteiger partial charge in [-0.2, -0.15) is 0 Å². The largest absolute Gasteiger partial charge is 0.372 e. The van der Waals surface area contributed by atoms with Crippen LogP contribution in [0, 0.1) is 5.92 Å². The molecule has 0 saturated carbocycles. The SMILES string of the molecule is O=C(Nc1ccc(N2CCCCC2)cc1)C1CCN(C(=O)c2ccc(Br)cc2)CC1. The van der Waals surface area contributed by atoms with Gasteiger partial charge in [-0.25, -0.2) is 0 Å². The first-order chi connectivity index (χ1) is 14.6. The summed E-state index contributed by atoms with van der Waals surface area (Å²) in [5.41, 5.74) is 2.76. The van der Waals surface area contributed by atoms with Crippen molar-refractivity contribution in [2.75, 3.05) is 36.4 Å². The van der Waals surface area contributed by atoms with Crippen LogP contribution in [0.15, 0.2) is 53.0 Å². The van der Waals surface area contributed by atoms with E-state index in [0.717, 1.165) is 23.2 Å². The molecule has 0 unspecified atom stereocenters. The third-order valence-corrected chi connectivity index (χ3v) is 6.63. The molecule has 0 spiro atoms. The molecule has 30 heavy (non-hydrogen) atoms. The number of likely N-dealkylation sites (tertiary alicyclic amines) is 1. The number of nitrogens with zero attached hydrogens (tertiary/aromatic N) is 2. The number of benzene rings is 2. The predicted octanol–water partition coefficient (Wildman–Crippen LogP) is 4.93. The van der Waals surface area contributed by atoms with Gasteiger partial charge in [0, 0.05) is 53.5 Å². The minimum atomic E-state index is -0.0549. The van der Waals surface area contributed by atoms with Crippen LogP contribution in [0.2, 0.25) is 0 Å². The Labute approximate surface area is 186 Å². The number of carbonyl (C=O) groups excluding carboxylic acids is 2. The molecule has 5 nitrogen and oxygen atoms in total. The van der Waals surface area contributed by atoms with Crippen LogP contribution in [0.1, 0.15) is 42.5 Å². The van der Waals surface area contributed by atoms with Gasteiger partial charge >= 0.3 is 0 Å². The highest BCUT2D eigenvalue weighted by Crippen LogP contribution is 2.24. The molecule has 2 heterocycles. The molecule has 2 aromatic rings. The van der Waals surface area contributed by atoms with Gasteiger partial charge < -0.3 is 15.1 Å². The maximum absolute atomic E-state index is 12.7. The van der Waals surface area contributed by atoms with Crippen LogP contribution in [0.3, 0.4) is 0 Å². The second-order valence-electron chi connectivity index (χ2n) is 8.16. The molecule has 4 rings (SSSR count). The molecular formula is C24H28BrN3O2. The molecule has 2 saturated heterocycles. The number of piperidine rings is 2. The van der Waals surface area contributed by atoms with Crippen LogP contribution in [0.5, 0.6) is 0 Å². The van der Waals surface area contributed by atoms with Crippen molar-refractivity contribution in [3.8, 4) is 0 Å². The van der Waals surface area contributed by atoms with Crippen molar-refractivity contribution in [2.45, 2.75) is 32.1 Å². The topological polar surface area (TPSA) is 52.7 Å². The van der Waals surface area contributed by atoms with E-state index in [-0.39, 0.29) is 17.7 Å². The van der Waals surface area contributed by atoms with Gasteiger partial charge in [-0.05, 0) is 80.6 Å². The maximum atomic E-state index is 12.7. The zero-order chi connectivity index (χ0) is 20.9. The van der Waals surface area contributed by atoms with Crippen LogP contribution in [0.25, 0.3) is 0 Å². The molecule has 2 amide bonds. The maximum Gasteiger partial charge on any atom is 0.253 e. The smallest absolute Gasteiger partial charge is 0.253 e. The summed E-state index contributed by atoms with van der Waals surface area (Å²) in [6, 6.07) is 15.6. The number of nitrogens with one attached hydrogen (secondary N) is 1. The molecule has 158 valence electrons. The summed E-state index contributed by atoms with van der Waals surface area (Å²) in [6.45, 7) is 3.45. The standard InChI is InChI=1S/C24H28BrN3O2/c25-20-6-4-19(5-7-20)24(30)28-16-12-18(13-17-28)23(29)26-21-8-10-22(11-9-21)27-14-2-1-3-15-27/h4-11,18H,1-3,12-17H2,(H,26,29). The van der Waals surface area contributed by atoms with Crippen LogP contribution in [-0.4, -0.2) is 42.9 Å². The lowest BCUT2D eigenvalue weighted by Gasteiger charge is -2.31. The number of anilines is 2. The van der Waals surface area contributed by atoms with Crippen LogP contribution >= 0.6 is 15.9 Å². The number of hydrogen-bond donors (Lipinski definition) is 1. The normalized spacial score (nSPS) is 17.6. The number of carbonyl (C=O) groups is 2. The first-order valence-corrected chi connectivity index (χ1v) is 11.6. The number of hydrogen-bond acceptors (Lipinski definition) is 3. The molecule has 2 aliphatic rings. The van der Waals surface area contributed by atoms with Crippen LogP contribution in [-0.2, 0) is 4.79 Å². The van der Waals surface area contributed by atoms with E-state index in [1.54, 1.807) is 0 Å². The molecule has 0 bridgehead atoms. The van der Waals surface area contributed by atoms with E-state index in [1.807, 2.05) is 41.3 Å². The summed E-state index contributed by atoms with van der Waals surface area (Å²) in [5, 5.41) is 3.06. The van der Waals surface area contributed by atoms with Crippen molar-refractivity contribution in [1.29, 1.82) is 0 Å². The summed E-state index contributed by atoms with van der Waals surface area (Å²) in [5.74, 6) is 0.0341. The van der Waals surface area contributed by atoms with Gasteiger partial charge in [0.25, 0.3) is 5.91 Å². The summed E-state index contributed by atoms with van der Waals surface area (Å²) in [7, 11) is 0. The summed E-state index contributed by atoms with van der Waals surface area (Å²) < 4.78 is 0.957. The molecule has 2 aliphatic heterocycles. The fourth-order valence-corrected chi connectivity index (χ4v) is 4.54. The van der Waals surface area contributed by atoms with Gasteiger partial charge in [0.15, 0.2) is 0 Å². The molecule has 1 N–H and O–H groups in total. The zero-order valence-corrected chi connectivity index (χ0v) is 18.7. The average molecular weight is 470 g/mol. The first kappa shape index (κ1) is 20.9.